The lowest BCUT2D eigenvalue weighted by molar-refractivity contribution is -0.115. The second-order valence-corrected chi connectivity index (χ2v) is 7.96. The van der Waals surface area contributed by atoms with E-state index >= 15 is 0 Å². The van der Waals surface area contributed by atoms with Gasteiger partial charge in [0.2, 0.25) is 5.91 Å². The summed E-state index contributed by atoms with van der Waals surface area (Å²) in [4.78, 5) is 12.6. The minimum absolute atomic E-state index is 0.0581. The number of methoxy groups -OCH3 is 1. The first-order valence-electron chi connectivity index (χ1n) is 9.72. The van der Waals surface area contributed by atoms with Crippen molar-refractivity contribution in [2.75, 3.05) is 12.4 Å². The Labute approximate surface area is 175 Å². The van der Waals surface area contributed by atoms with Gasteiger partial charge in [-0.1, -0.05) is 43.3 Å². The molecule has 29 heavy (non-hydrogen) atoms. The summed E-state index contributed by atoms with van der Waals surface area (Å²) < 4.78 is 7.34. The minimum atomic E-state index is -0.302. The molecule has 6 nitrogen and oxygen atoms in total. The summed E-state index contributed by atoms with van der Waals surface area (Å²) in [7, 11) is 1.65. The molecular weight excluding hydrogens is 384 g/mol. The molecule has 1 atom stereocenters. The summed E-state index contributed by atoms with van der Waals surface area (Å²) in [5.41, 5.74) is 1.76. The molecule has 0 saturated carbocycles. The smallest absolute Gasteiger partial charge is 0.237 e. The molecule has 0 saturated heterocycles. The lowest BCUT2D eigenvalue weighted by Gasteiger charge is -2.14. The van der Waals surface area contributed by atoms with Gasteiger partial charge >= 0.3 is 0 Å². The molecule has 0 aliphatic rings. The molecule has 0 aliphatic carbocycles. The molecule has 3 aromatic rings. The molecule has 0 fully saturated rings. The molecule has 1 N–H and O–H groups in total. The van der Waals surface area contributed by atoms with E-state index in [1.165, 1.54) is 11.8 Å². The standard InChI is InChI=1S/C22H26N4O2S/c1-4-5-15-26-20(17-11-13-19(28-3)14-12-17)24-25-22(26)29-16(2)21(27)23-18-9-7-6-8-10-18/h6-14,16H,4-5,15H2,1-3H3,(H,23,27)/t16-/m1/s1. The average molecular weight is 411 g/mol. The van der Waals surface area contributed by atoms with Gasteiger partial charge in [-0.15, -0.1) is 10.2 Å². The number of para-hydroxylation sites is 1. The van der Waals surface area contributed by atoms with Crippen molar-refractivity contribution in [3.8, 4) is 17.1 Å². The summed E-state index contributed by atoms with van der Waals surface area (Å²) in [6, 6.07) is 17.3. The second kappa shape index (κ2) is 10.1. The van der Waals surface area contributed by atoms with Crippen molar-refractivity contribution in [2.45, 2.75) is 43.6 Å². The maximum Gasteiger partial charge on any atom is 0.237 e. The number of nitrogens with zero attached hydrogens (tertiary/aromatic N) is 3. The van der Waals surface area contributed by atoms with Gasteiger partial charge < -0.3 is 14.6 Å². The topological polar surface area (TPSA) is 69.0 Å². The lowest BCUT2D eigenvalue weighted by atomic mass is 10.2. The Bertz CT molecular complexity index is 926. The molecule has 0 radical (unpaired) electrons. The molecule has 7 heteroatoms. The highest BCUT2D eigenvalue weighted by Crippen LogP contribution is 2.28. The Morgan fingerprint density at radius 1 is 1.14 bits per heavy atom. The summed E-state index contributed by atoms with van der Waals surface area (Å²) >= 11 is 1.42. The molecule has 0 unspecified atom stereocenters. The van der Waals surface area contributed by atoms with Crippen LogP contribution in [0.15, 0.2) is 59.8 Å². The largest absolute Gasteiger partial charge is 0.497 e. The molecule has 152 valence electrons. The van der Waals surface area contributed by atoms with Crippen LogP contribution in [0.4, 0.5) is 5.69 Å². The van der Waals surface area contributed by atoms with Gasteiger partial charge in [-0.2, -0.15) is 0 Å². The van der Waals surface area contributed by atoms with E-state index in [-0.39, 0.29) is 11.2 Å². The second-order valence-electron chi connectivity index (χ2n) is 6.66. The summed E-state index contributed by atoms with van der Waals surface area (Å²) in [5.74, 6) is 1.55. The molecule has 1 heterocycles. The predicted molar refractivity (Wildman–Crippen MR) is 117 cm³/mol. The third kappa shape index (κ3) is 5.38. The first kappa shape index (κ1) is 20.9. The molecule has 3 rings (SSSR count). The highest BCUT2D eigenvalue weighted by Gasteiger charge is 2.21. The number of unbranched alkanes of at least 4 members (excludes halogenated alkanes) is 1. The van der Waals surface area contributed by atoms with Crippen LogP contribution in [0.3, 0.4) is 0 Å². The normalized spacial score (nSPS) is 11.8. The molecule has 1 amide bonds. The summed E-state index contributed by atoms with van der Waals surface area (Å²) in [6.07, 6.45) is 2.08. The van der Waals surface area contributed by atoms with E-state index in [0.29, 0.717) is 0 Å². The SMILES string of the molecule is CCCCn1c(S[C@H](C)C(=O)Nc2ccccc2)nnc1-c1ccc(OC)cc1. The van der Waals surface area contributed by atoms with Crippen LogP contribution in [0.25, 0.3) is 11.4 Å². The quantitative estimate of drug-likeness (QED) is 0.510. The first-order chi connectivity index (χ1) is 14.1. The minimum Gasteiger partial charge on any atom is -0.497 e. The van der Waals surface area contributed by atoms with E-state index in [4.69, 9.17) is 4.74 Å². The number of ether oxygens (including phenoxy) is 1. The number of carbonyl (C=O) groups is 1. The number of carbonyl (C=O) groups excluding carboxylic acids is 1. The maximum atomic E-state index is 12.6. The van der Waals surface area contributed by atoms with Crippen LogP contribution < -0.4 is 10.1 Å². The highest BCUT2D eigenvalue weighted by molar-refractivity contribution is 8.00. The van der Waals surface area contributed by atoms with Gasteiger partial charge in [-0.3, -0.25) is 4.79 Å². The molecule has 2 aromatic carbocycles. The number of anilines is 1. The fourth-order valence-electron chi connectivity index (χ4n) is 2.82. The van der Waals surface area contributed by atoms with E-state index < -0.39 is 0 Å². The molecule has 0 aliphatic heterocycles. The maximum absolute atomic E-state index is 12.6. The van der Waals surface area contributed by atoms with Gasteiger partial charge in [0.1, 0.15) is 5.75 Å². The Balaban J connectivity index is 1.78. The zero-order valence-electron chi connectivity index (χ0n) is 17.0. The predicted octanol–water partition coefficient (Wildman–Crippen LogP) is 4.87. The van der Waals surface area contributed by atoms with E-state index in [9.17, 15) is 4.79 Å². The van der Waals surface area contributed by atoms with Crippen LogP contribution in [-0.2, 0) is 11.3 Å². The zero-order chi connectivity index (χ0) is 20.6. The van der Waals surface area contributed by atoms with Gasteiger partial charge in [-0.05, 0) is 49.7 Å². The molecule has 0 bridgehead atoms. The first-order valence-corrected chi connectivity index (χ1v) is 10.6. The van der Waals surface area contributed by atoms with Crippen molar-refractivity contribution in [1.82, 2.24) is 14.8 Å². The molecule has 1 aromatic heterocycles. The summed E-state index contributed by atoms with van der Waals surface area (Å²) in [6.45, 7) is 4.84. The van der Waals surface area contributed by atoms with E-state index in [1.54, 1.807) is 7.11 Å². The third-order valence-corrected chi connectivity index (χ3v) is 5.57. The van der Waals surface area contributed by atoms with Gasteiger partial charge in [0.15, 0.2) is 11.0 Å². The Morgan fingerprint density at radius 2 is 1.86 bits per heavy atom. The average Bonchev–Trinajstić information content (AvgIpc) is 3.15. The van der Waals surface area contributed by atoms with Crippen LogP contribution in [-0.4, -0.2) is 33.0 Å². The number of rotatable bonds is 9. The Morgan fingerprint density at radius 3 is 2.52 bits per heavy atom. The van der Waals surface area contributed by atoms with Crippen LogP contribution in [0, 0.1) is 0 Å². The van der Waals surface area contributed by atoms with Crippen molar-refractivity contribution in [3.63, 3.8) is 0 Å². The van der Waals surface area contributed by atoms with E-state index in [1.807, 2.05) is 61.5 Å². The molecular formula is C22H26N4O2S. The monoisotopic (exact) mass is 410 g/mol. The lowest BCUT2D eigenvalue weighted by Crippen LogP contribution is -2.23. The highest BCUT2D eigenvalue weighted by atomic mass is 32.2. The zero-order valence-corrected chi connectivity index (χ0v) is 17.8. The molecule has 0 spiro atoms. The fourth-order valence-corrected chi connectivity index (χ4v) is 3.70. The Kier molecular flexibility index (Phi) is 7.30. The van der Waals surface area contributed by atoms with E-state index in [0.717, 1.165) is 47.4 Å². The van der Waals surface area contributed by atoms with Gasteiger partial charge in [0.05, 0.1) is 12.4 Å². The fraction of sp³-hybridized carbons (Fsp3) is 0.318. The van der Waals surface area contributed by atoms with Crippen LogP contribution in [0.1, 0.15) is 26.7 Å². The number of aromatic nitrogens is 3. The van der Waals surface area contributed by atoms with E-state index in [2.05, 4.69) is 27.0 Å². The number of thioether (sulfide) groups is 1. The number of benzene rings is 2. The van der Waals surface area contributed by atoms with Gasteiger partial charge in [0.25, 0.3) is 0 Å². The number of hydrogen-bond acceptors (Lipinski definition) is 5. The Hall–Kier alpha value is -2.80. The number of amides is 1. The van der Waals surface area contributed by atoms with Gasteiger partial charge in [-0.25, -0.2) is 0 Å². The van der Waals surface area contributed by atoms with Gasteiger partial charge in [0, 0.05) is 17.8 Å². The van der Waals surface area contributed by atoms with Crippen molar-refractivity contribution < 1.29 is 9.53 Å². The van der Waals surface area contributed by atoms with Crippen LogP contribution in [0.5, 0.6) is 5.75 Å². The third-order valence-electron chi connectivity index (χ3n) is 4.49. The van der Waals surface area contributed by atoms with Crippen molar-refractivity contribution >= 4 is 23.4 Å². The number of nitrogens with one attached hydrogen (secondary N) is 1. The van der Waals surface area contributed by atoms with Crippen molar-refractivity contribution in [3.05, 3.63) is 54.6 Å². The van der Waals surface area contributed by atoms with Crippen LogP contribution in [0.2, 0.25) is 0 Å². The number of hydrogen-bond donors (Lipinski definition) is 1. The van der Waals surface area contributed by atoms with Crippen LogP contribution >= 0.6 is 11.8 Å². The summed E-state index contributed by atoms with van der Waals surface area (Å²) in [5, 5.41) is 12.2. The van der Waals surface area contributed by atoms with Crippen molar-refractivity contribution in [2.24, 2.45) is 0 Å². The van der Waals surface area contributed by atoms with Crippen molar-refractivity contribution in [1.29, 1.82) is 0 Å².